The van der Waals surface area contributed by atoms with Crippen LogP contribution in [0.5, 0.6) is 5.88 Å². The minimum atomic E-state index is 0.0593. The zero-order chi connectivity index (χ0) is 17.1. The van der Waals surface area contributed by atoms with Crippen molar-refractivity contribution in [3.8, 4) is 5.88 Å². The first-order valence-electron chi connectivity index (χ1n) is 9.58. The van der Waals surface area contributed by atoms with Crippen molar-refractivity contribution in [2.24, 2.45) is 5.92 Å². The smallest absolute Gasteiger partial charge is 0.222 e. The van der Waals surface area contributed by atoms with Crippen molar-refractivity contribution in [3.63, 3.8) is 0 Å². The molecule has 4 nitrogen and oxygen atoms in total. The standard InChI is InChI=1S/C21H26N2O2/c24-21(12-9-16-5-1-2-6-16)23-14-13-18(15-23)25-20-11-10-17-7-3-4-8-19(17)22-20/h3-4,7-8,10-11,16,18H,1-2,5-6,9,12-15H2. The number of hydrogen-bond acceptors (Lipinski definition) is 3. The van der Waals surface area contributed by atoms with Gasteiger partial charge in [0.05, 0.1) is 12.1 Å². The molecule has 0 bridgehead atoms. The van der Waals surface area contributed by atoms with E-state index in [0.717, 1.165) is 36.2 Å². The first-order valence-corrected chi connectivity index (χ1v) is 9.58. The van der Waals surface area contributed by atoms with Gasteiger partial charge in [0.1, 0.15) is 6.10 Å². The van der Waals surface area contributed by atoms with Crippen LogP contribution < -0.4 is 4.74 Å². The topological polar surface area (TPSA) is 42.4 Å². The highest BCUT2D eigenvalue weighted by molar-refractivity contribution is 5.78. The molecule has 1 aromatic carbocycles. The Kier molecular flexibility index (Phi) is 4.86. The van der Waals surface area contributed by atoms with Gasteiger partial charge in [-0.05, 0) is 24.5 Å². The molecule has 2 aliphatic rings. The highest BCUT2D eigenvalue weighted by Crippen LogP contribution is 2.29. The van der Waals surface area contributed by atoms with Crippen LogP contribution in [0.3, 0.4) is 0 Å². The van der Waals surface area contributed by atoms with E-state index in [2.05, 4.69) is 4.98 Å². The number of nitrogens with zero attached hydrogens (tertiary/aromatic N) is 2. The lowest BCUT2D eigenvalue weighted by atomic mass is 10.0. The average molecular weight is 338 g/mol. The van der Waals surface area contributed by atoms with Gasteiger partial charge in [0, 0.05) is 30.8 Å². The second-order valence-electron chi connectivity index (χ2n) is 7.40. The van der Waals surface area contributed by atoms with Crippen molar-refractivity contribution in [1.82, 2.24) is 9.88 Å². The van der Waals surface area contributed by atoms with Gasteiger partial charge in [0.25, 0.3) is 0 Å². The summed E-state index contributed by atoms with van der Waals surface area (Å²) < 4.78 is 6.04. The van der Waals surface area contributed by atoms with Crippen LogP contribution in [0, 0.1) is 5.92 Å². The molecule has 1 saturated carbocycles. The zero-order valence-electron chi connectivity index (χ0n) is 14.7. The first-order chi connectivity index (χ1) is 12.3. The van der Waals surface area contributed by atoms with E-state index in [4.69, 9.17) is 4.74 Å². The SMILES string of the molecule is O=C(CCC1CCCC1)N1CCC(Oc2ccc3ccccc3n2)C1. The third-order valence-electron chi connectivity index (χ3n) is 5.60. The molecule has 2 fully saturated rings. The van der Waals surface area contributed by atoms with Crippen LogP contribution in [0.4, 0.5) is 0 Å². The Bertz CT molecular complexity index is 740. The van der Waals surface area contributed by atoms with E-state index in [0.29, 0.717) is 24.8 Å². The van der Waals surface area contributed by atoms with E-state index >= 15 is 0 Å². The molecule has 4 heteroatoms. The molecule has 1 aromatic heterocycles. The average Bonchev–Trinajstić information content (AvgIpc) is 3.31. The third kappa shape index (κ3) is 3.94. The second-order valence-corrected chi connectivity index (χ2v) is 7.40. The number of aromatic nitrogens is 1. The van der Waals surface area contributed by atoms with Crippen LogP contribution in [0.15, 0.2) is 36.4 Å². The molecule has 1 saturated heterocycles. The number of likely N-dealkylation sites (tertiary alicyclic amines) is 1. The van der Waals surface area contributed by atoms with E-state index in [1.54, 1.807) is 0 Å². The molecule has 0 radical (unpaired) electrons. The number of hydrogen-bond donors (Lipinski definition) is 0. The molecular weight excluding hydrogens is 312 g/mol. The molecule has 25 heavy (non-hydrogen) atoms. The van der Waals surface area contributed by atoms with Gasteiger partial charge in [-0.25, -0.2) is 4.98 Å². The van der Waals surface area contributed by atoms with Gasteiger partial charge in [-0.1, -0.05) is 43.9 Å². The molecule has 132 valence electrons. The van der Waals surface area contributed by atoms with Crippen LogP contribution in [-0.2, 0) is 4.79 Å². The highest BCUT2D eigenvalue weighted by Gasteiger charge is 2.28. The summed E-state index contributed by atoms with van der Waals surface area (Å²) in [5.74, 6) is 1.73. The van der Waals surface area contributed by atoms with Gasteiger partial charge in [0.2, 0.25) is 11.8 Å². The Balaban J connectivity index is 1.29. The molecule has 0 spiro atoms. The molecule has 2 heterocycles. The zero-order valence-corrected chi connectivity index (χ0v) is 14.7. The van der Waals surface area contributed by atoms with Gasteiger partial charge in [-0.15, -0.1) is 0 Å². The lowest BCUT2D eigenvalue weighted by Crippen LogP contribution is -2.31. The van der Waals surface area contributed by atoms with Crippen LogP contribution in [0.2, 0.25) is 0 Å². The number of para-hydroxylation sites is 1. The molecular formula is C21H26N2O2. The first kappa shape index (κ1) is 16.4. The fourth-order valence-electron chi connectivity index (χ4n) is 4.12. The second kappa shape index (κ2) is 7.42. The quantitative estimate of drug-likeness (QED) is 0.821. The van der Waals surface area contributed by atoms with Crippen LogP contribution >= 0.6 is 0 Å². The Morgan fingerprint density at radius 3 is 2.84 bits per heavy atom. The van der Waals surface area contributed by atoms with Crippen LogP contribution in [0.25, 0.3) is 10.9 Å². The molecule has 1 aliphatic carbocycles. The fourth-order valence-corrected chi connectivity index (χ4v) is 4.12. The predicted molar refractivity (Wildman–Crippen MR) is 98.5 cm³/mol. The molecule has 4 rings (SSSR count). The predicted octanol–water partition coefficient (Wildman–Crippen LogP) is 4.18. The maximum atomic E-state index is 12.4. The summed E-state index contributed by atoms with van der Waals surface area (Å²) >= 11 is 0. The summed E-state index contributed by atoms with van der Waals surface area (Å²) in [6.45, 7) is 1.50. The van der Waals surface area contributed by atoms with Crippen molar-refractivity contribution in [1.29, 1.82) is 0 Å². The normalized spacial score (nSPS) is 21.1. The molecule has 0 N–H and O–H groups in total. The lowest BCUT2D eigenvalue weighted by molar-refractivity contribution is -0.130. The summed E-state index contributed by atoms with van der Waals surface area (Å²) in [5.41, 5.74) is 0.947. The minimum Gasteiger partial charge on any atom is -0.472 e. The summed E-state index contributed by atoms with van der Waals surface area (Å²) in [6, 6.07) is 12.0. The van der Waals surface area contributed by atoms with Gasteiger partial charge >= 0.3 is 0 Å². The van der Waals surface area contributed by atoms with Crippen molar-refractivity contribution in [2.75, 3.05) is 13.1 Å². The van der Waals surface area contributed by atoms with E-state index in [1.807, 2.05) is 41.3 Å². The summed E-state index contributed by atoms with van der Waals surface area (Å²) in [6.07, 6.45) is 8.03. The molecule has 1 atom stereocenters. The number of ether oxygens (including phenoxy) is 1. The molecule has 1 unspecified atom stereocenters. The van der Waals surface area contributed by atoms with Gasteiger partial charge in [0.15, 0.2) is 0 Å². The minimum absolute atomic E-state index is 0.0593. The Labute approximate surface area is 149 Å². The maximum absolute atomic E-state index is 12.4. The van der Waals surface area contributed by atoms with Crippen molar-refractivity contribution >= 4 is 16.8 Å². The van der Waals surface area contributed by atoms with Crippen molar-refractivity contribution < 1.29 is 9.53 Å². The van der Waals surface area contributed by atoms with Gasteiger partial charge < -0.3 is 9.64 Å². The Morgan fingerprint density at radius 1 is 1.12 bits per heavy atom. The maximum Gasteiger partial charge on any atom is 0.222 e. The summed E-state index contributed by atoms with van der Waals surface area (Å²) in [4.78, 5) is 19.0. The van der Waals surface area contributed by atoms with Gasteiger partial charge in [-0.3, -0.25) is 4.79 Å². The van der Waals surface area contributed by atoms with Crippen LogP contribution in [0.1, 0.15) is 44.9 Å². The summed E-state index contributed by atoms with van der Waals surface area (Å²) in [5, 5.41) is 1.12. The number of carbonyl (C=O) groups excluding carboxylic acids is 1. The fraction of sp³-hybridized carbons (Fsp3) is 0.524. The molecule has 2 aromatic rings. The number of carbonyl (C=O) groups is 1. The lowest BCUT2D eigenvalue weighted by Gasteiger charge is -2.18. The number of pyridine rings is 1. The Hall–Kier alpha value is -2.10. The summed E-state index contributed by atoms with van der Waals surface area (Å²) in [7, 11) is 0. The number of benzene rings is 1. The molecule has 1 amide bonds. The number of fused-ring (bicyclic) bond motifs is 1. The van der Waals surface area contributed by atoms with Crippen molar-refractivity contribution in [3.05, 3.63) is 36.4 Å². The largest absolute Gasteiger partial charge is 0.472 e. The Morgan fingerprint density at radius 2 is 1.96 bits per heavy atom. The van der Waals surface area contributed by atoms with E-state index in [-0.39, 0.29) is 6.10 Å². The van der Waals surface area contributed by atoms with E-state index in [1.165, 1.54) is 25.7 Å². The number of amides is 1. The monoisotopic (exact) mass is 338 g/mol. The highest BCUT2D eigenvalue weighted by atomic mass is 16.5. The third-order valence-corrected chi connectivity index (χ3v) is 5.60. The van der Waals surface area contributed by atoms with Gasteiger partial charge in [-0.2, -0.15) is 0 Å². The van der Waals surface area contributed by atoms with E-state index in [9.17, 15) is 4.79 Å². The van der Waals surface area contributed by atoms with Crippen LogP contribution in [-0.4, -0.2) is 35.0 Å². The number of rotatable bonds is 5. The van der Waals surface area contributed by atoms with E-state index < -0.39 is 0 Å². The van der Waals surface area contributed by atoms with Crippen molar-refractivity contribution in [2.45, 2.75) is 51.0 Å². The molecule has 1 aliphatic heterocycles.